The third-order valence-corrected chi connectivity index (χ3v) is 6.82. The standard InChI is InChI=1S/C36H32N4O5/c1-4-29(37-25(3)27-14-18-31(19-15-27)40(44)45)17-21-34(41)38-30-16-20-33(32(23-30)36(43)28-8-6-5-7-9-28)39-35(42)22-26-12-10-24(2)11-13-26/h4-21,23H,22H2,1-3H3,(H,38,41)(H,39,42)/b21-17+,29-4-,37-25?. The summed E-state index contributed by atoms with van der Waals surface area (Å²) in [5.41, 5.74) is 5.13. The first-order chi connectivity index (χ1) is 21.6. The van der Waals surface area contributed by atoms with E-state index in [1.54, 1.807) is 80.6 Å². The summed E-state index contributed by atoms with van der Waals surface area (Å²) in [7, 11) is 0. The molecule has 0 atom stereocenters. The Kier molecular flexibility index (Phi) is 10.6. The number of nitro benzene ring substituents is 1. The van der Waals surface area contributed by atoms with Crippen molar-refractivity contribution in [2.45, 2.75) is 27.2 Å². The van der Waals surface area contributed by atoms with Gasteiger partial charge in [0.15, 0.2) is 5.78 Å². The molecule has 9 heteroatoms. The number of rotatable bonds is 11. The summed E-state index contributed by atoms with van der Waals surface area (Å²) in [6.45, 7) is 5.52. The molecule has 45 heavy (non-hydrogen) atoms. The SMILES string of the molecule is C/C=C(/C=C/C(=O)Nc1ccc(NC(=O)Cc2ccc(C)cc2)c(C(=O)c2ccccc2)c1)N=C(C)c1ccc([N+](=O)[O-])cc1. The Morgan fingerprint density at radius 1 is 0.844 bits per heavy atom. The lowest BCUT2D eigenvalue weighted by Gasteiger charge is -2.13. The van der Waals surface area contributed by atoms with Crippen molar-refractivity contribution in [1.29, 1.82) is 0 Å². The molecule has 9 nitrogen and oxygen atoms in total. The van der Waals surface area contributed by atoms with Crippen molar-refractivity contribution in [2.75, 3.05) is 10.6 Å². The number of carbonyl (C=O) groups is 3. The maximum absolute atomic E-state index is 13.5. The quantitative estimate of drug-likeness (QED) is 0.0469. The van der Waals surface area contributed by atoms with Gasteiger partial charge in [0.25, 0.3) is 5.69 Å². The second kappa shape index (κ2) is 15.0. The van der Waals surface area contributed by atoms with Crippen molar-refractivity contribution in [3.8, 4) is 0 Å². The zero-order valence-corrected chi connectivity index (χ0v) is 25.1. The molecule has 4 aromatic carbocycles. The molecule has 4 aromatic rings. The van der Waals surface area contributed by atoms with Crippen LogP contribution < -0.4 is 10.6 Å². The van der Waals surface area contributed by atoms with Gasteiger partial charge in [-0.15, -0.1) is 0 Å². The van der Waals surface area contributed by atoms with Crippen LogP contribution in [0, 0.1) is 17.0 Å². The fourth-order valence-electron chi connectivity index (χ4n) is 4.38. The fourth-order valence-corrected chi connectivity index (χ4v) is 4.38. The molecule has 226 valence electrons. The summed E-state index contributed by atoms with van der Waals surface area (Å²) in [6, 6.07) is 27.1. The normalized spacial score (nSPS) is 11.7. The molecule has 0 aliphatic heterocycles. The number of nitrogens with zero attached hydrogens (tertiary/aromatic N) is 2. The van der Waals surface area contributed by atoms with Crippen molar-refractivity contribution in [1.82, 2.24) is 0 Å². The van der Waals surface area contributed by atoms with Gasteiger partial charge >= 0.3 is 0 Å². The molecule has 0 fully saturated rings. The van der Waals surface area contributed by atoms with E-state index in [4.69, 9.17) is 0 Å². The second-order valence-electron chi connectivity index (χ2n) is 10.2. The third kappa shape index (κ3) is 9.01. The van der Waals surface area contributed by atoms with Crippen LogP contribution in [0.25, 0.3) is 0 Å². The van der Waals surface area contributed by atoms with E-state index in [1.807, 2.05) is 31.2 Å². The number of hydrogen-bond donors (Lipinski definition) is 2. The van der Waals surface area contributed by atoms with Gasteiger partial charge in [-0.1, -0.05) is 66.2 Å². The summed E-state index contributed by atoms with van der Waals surface area (Å²) in [5.74, 6) is -1.03. The number of ketones is 1. The molecule has 0 bridgehead atoms. The Labute approximate surface area is 261 Å². The van der Waals surface area contributed by atoms with Crippen molar-refractivity contribution >= 4 is 40.4 Å². The van der Waals surface area contributed by atoms with Crippen LogP contribution in [-0.4, -0.2) is 28.2 Å². The molecule has 2 amide bonds. The molecule has 0 radical (unpaired) electrons. The lowest BCUT2D eigenvalue weighted by Crippen LogP contribution is -2.18. The zero-order chi connectivity index (χ0) is 32.3. The van der Waals surface area contributed by atoms with Gasteiger partial charge in [0.05, 0.1) is 22.7 Å². The number of benzene rings is 4. The number of hydrogen-bond acceptors (Lipinski definition) is 6. The molecule has 0 aliphatic rings. The number of aliphatic imine (C=N–C) groups is 1. The average molecular weight is 601 g/mol. The Bertz CT molecular complexity index is 1810. The molecule has 0 aliphatic carbocycles. The first-order valence-electron chi connectivity index (χ1n) is 14.2. The van der Waals surface area contributed by atoms with Crippen molar-refractivity contribution in [3.63, 3.8) is 0 Å². The number of aryl methyl sites for hydroxylation is 1. The molecule has 0 saturated heterocycles. The van der Waals surface area contributed by atoms with Gasteiger partial charge in [0.2, 0.25) is 11.8 Å². The minimum absolute atomic E-state index is 0.0133. The van der Waals surface area contributed by atoms with Crippen LogP contribution in [0.4, 0.5) is 17.1 Å². The summed E-state index contributed by atoms with van der Waals surface area (Å²) in [4.78, 5) is 54.2. The van der Waals surface area contributed by atoms with E-state index in [1.165, 1.54) is 24.3 Å². The van der Waals surface area contributed by atoms with E-state index in [9.17, 15) is 24.5 Å². The van der Waals surface area contributed by atoms with Crippen molar-refractivity contribution in [3.05, 3.63) is 159 Å². The number of non-ortho nitro benzene ring substituents is 1. The number of nitrogens with one attached hydrogen (secondary N) is 2. The summed E-state index contributed by atoms with van der Waals surface area (Å²) >= 11 is 0. The van der Waals surface area contributed by atoms with E-state index in [-0.39, 0.29) is 29.4 Å². The monoisotopic (exact) mass is 600 g/mol. The topological polar surface area (TPSA) is 131 Å². The molecule has 0 aromatic heterocycles. The van der Waals surface area contributed by atoms with Gasteiger partial charge in [-0.25, -0.2) is 0 Å². The third-order valence-electron chi connectivity index (χ3n) is 6.82. The van der Waals surface area contributed by atoms with Gasteiger partial charge in [-0.2, -0.15) is 0 Å². The maximum atomic E-state index is 13.5. The predicted molar refractivity (Wildman–Crippen MR) is 177 cm³/mol. The smallest absolute Gasteiger partial charge is 0.269 e. The molecule has 0 saturated carbocycles. The van der Waals surface area contributed by atoms with Crippen LogP contribution in [-0.2, 0) is 16.0 Å². The van der Waals surface area contributed by atoms with Crippen molar-refractivity contribution in [2.24, 2.45) is 4.99 Å². The highest BCUT2D eigenvalue weighted by Crippen LogP contribution is 2.25. The van der Waals surface area contributed by atoms with Gasteiger partial charge in [-0.05, 0) is 68.3 Å². The minimum atomic E-state index is -0.467. The summed E-state index contributed by atoms with van der Waals surface area (Å²) in [5, 5.41) is 16.5. The van der Waals surface area contributed by atoms with Gasteiger partial charge in [-0.3, -0.25) is 29.5 Å². The number of nitro groups is 1. The van der Waals surface area contributed by atoms with Crippen LogP contribution in [0.3, 0.4) is 0 Å². The molecule has 0 spiro atoms. The first-order valence-corrected chi connectivity index (χ1v) is 14.2. The lowest BCUT2D eigenvalue weighted by molar-refractivity contribution is -0.384. The van der Waals surface area contributed by atoms with Crippen LogP contribution >= 0.6 is 0 Å². The molecule has 4 rings (SSSR count). The predicted octanol–water partition coefficient (Wildman–Crippen LogP) is 7.22. The van der Waals surface area contributed by atoms with Crippen LogP contribution in [0.15, 0.2) is 126 Å². The van der Waals surface area contributed by atoms with E-state index >= 15 is 0 Å². The van der Waals surface area contributed by atoms with Crippen LogP contribution in [0.1, 0.15) is 46.5 Å². The molecule has 0 heterocycles. The molecule has 0 unspecified atom stereocenters. The highest BCUT2D eigenvalue weighted by Gasteiger charge is 2.17. The second-order valence-corrected chi connectivity index (χ2v) is 10.2. The number of amides is 2. The Morgan fingerprint density at radius 3 is 2.18 bits per heavy atom. The summed E-state index contributed by atoms with van der Waals surface area (Å²) in [6.07, 6.45) is 4.73. The van der Waals surface area contributed by atoms with Crippen LogP contribution in [0.2, 0.25) is 0 Å². The summed E-state index contributed by atoms with van der Waals surface area (Å²) < 4.78 is 0. The largest absolute Gasteiger partial charge is 0.325 e. The molecule has 2 N–H and O–H groups in total. The molecular weight excluding hydrogens is 568 g/mol. The maximum Gasteiger partial charge on any atom is 0.269 e. The van der Waals surface area contributed by atoms with E-state index in [2.05, 4.69) is 15.6 Å². The average Bonchev–Trinajstić information content (AvgIpc) is 3.04. The lowest BCUT2D eigenvalue weighted by atomic mass is 10.0. The fraction of sp³-hybridized carbons (Fsp3) is 0.111. The Morgan fingerprint density at radius 2 is 1.53 bits per heavy atom. The number of carbonyl (C=O) groups excluding carboxylic acids is 3. The van der Waals surface area contributed by atoms with Crippen molar-refractivity contribution < 1.29 is 19.3 Å². The minimum Gasteiger partial charge on any atom is -0.325 e. The highest BCUT2D eigenvalue weighted by atomic mass is 16.6. The van der Waals surface area contributed by atoms with Crippen LogP contribution in [0.5, 0.6) is 0 Å². The first kappa shape index (κ1) is 32.0. The van der Waals surface area contributed by atoms with E-state index in [0.717, 1.165) is 11.1 Å². The number of allylic oxidation sites excluding steroid dienone is 2. The number of anilines is 2. The van der Waals surface area contributed by atoms with E-state index in [0.29, 0.717) is 33.9 Å². The van der Waals surface area contributed by atoms with E-state index < -0.39 is 10.8 Å². The zero-order valence-electron chi connectivity index (χ0n) is 25.1. The van der Waals surface area contributed by atoms with Gasteiger partial charge < -0.3 is 10.6 Å². The molecular formula is C36H32N4O5. The highest BCUT2D eigenvalue weighted by molar-refractivity contribution is 6.15. The van der Waals surface area contributed by atoms with Gasteiger partial charge in [0.1, 0.15) is 0 Å². The Balaban J connectivity index is 1.50. The Hall–Kier alpha value is -5.96. The van der Waals surface area contributed by atoms with Gasteiger partial charge in [0, 0.05) is 40.7 Å².